The SMILES string of the molecule is CCOC(=O)C1CCCN(C(=O)C2CCN(c3ccccc3F)CC2)C1. The number of piperidine rings is 2. The second-order valence-electron chi connectivity index (χ2n) is 7.09. The van der Waals surface area contributed by atoms with Gasteiger partial charge in [0.25, 0.3) is 0 Å². The predicted octanol–water partition coefficient (Wildman–Crippen LogP) is 2.84. The Morgan fingerprint density at radius 3 is 2.54 bits per heavy atom. The average molecular weight is 362 g/mol. The van der Waals surface area contributed by atoms with Gasteiger partial charge in [-0.25, -0.2) is 4.39 Å². The van der Waals surface area contributed by atoms with Crippen molar-refractivity contribution in [3.63, 3.8) is 0 Å². The molecule has 5 nitrogen and oxygen atoms in total. The molecule has 2 fully saturated rings. The van der Waals surface area contributed by atoms with E-state index in [1.165, 1.54) is 6.07 Å². The first-order chi connectivity index (χ1) is 12.6. The minimum atomic E-state index is -0.217. The van der Waals surface area contributed by atoms with Gasteiger partial charge in [0.2, 0.25) is 5.91 Å². The molecule has 0 aliphatic carbocycles. The number of ether oxygens (including phenoxy) is 1. The molecule has 2 aliphatic heterocycles. The molecular formula is C20H27FN2O3. The zero-order valence-electron chi connectivity index (χ0n) is 15.3. The first-order valence-corrected chi connectivity index (χ1v) is 9.55. The summed E-state index contributed by atoms with van der Waals surface area (Å²) in [4.78, 5) is 28.7. The van der Waals surface area contributed by atoms with Gasteiger partial charge in [-0.1, -0.05) is 12.1 Å². The van der Waals surface area contributed by atoms with Gasteiger partial charge in [-0.3, -0.25) is 9.59 Å². The van der Waals surface area contributed by atoms with Crippen LogP contribution in [0.25, 0.3) is 0 Å². The van der Waals surface area contributed by atoms with Crippen LogP contribution >= 0.6 is 0 Å². The monoisotopic (exact) mass is 362 g/mol. The zero-order valence-corrected chi connectivity index (χ0v) is 15.3. The van der Waals surface area contributed by atoms with Crippen LogP contribution in [0.3, 0.4) is 0 Å². The van der Waals surface area contributed by atoms with Crippen molar-refractivity contribution in [3.8, 4) is 0 Å². The van der Waals surface area contributed by atoms with Gasteiger partial charge in [0, 0.05) is 32.1 Å². The minimum Gasteiger partial charge on any atom is -0.466 e. The molecule has 0 N–H and O–H groups in total. The smallest absolute Gasteiger partial charge is 0.310 e. The van der Waals surface area contributed by atoms with Crippen LogP contribution in [-0.2, 0) is 14.3 Å². The van der Waals surface area contributed by atoms with E-state index in [4.69, 9.17) is 4.74 Å². The molecule has 1 atom stereocenters. The third kappa shape index (κ3) is 4.17. The van der Waals surface area contributed by atoms with Gasteiger partial charge in [-0.15, -0.1) is 0 Å². The lowest BCUT2D eigenvalue weighted by atomic mass is 9.92. The lowest BCUT2D eigenvalue weighted by Gasteiger charge is -2.38. The van der Waals surface area contributed by atoms with E-state index < -0.39 is 0 Å². The molecule has 26 heavy (non-hydrogen) atoms. The fraction of sp³-hybridized carbons (Fsp3) is 0.600. The Morgan fingerprint density at radius 2 is 1.85 bits per heavy atom. The molecule has 1 aromatic carbocycles. The molecule has 1 unspecified atom stereocenters. The maximum atomic E-state index is 13.9. The van der Waals surface area contributed by atoms with Crippen LogP contribution in [0, 0.1) is 17.7 Å². The summed E-state index contributed by atoms with van der Waals surface area (Å²) in [6, 6.07) is 6.77. The molecule has 0 aromatic heterocycles. The molecular weight excluding hydrogens is 335 g/mol. The van der Waals surface area contributed by atoms with E-state index in [0.29, 0.717) is 51.3 Å². The quantitative estimate of drug-likeness (QED) is 0.773. The number of nitrogens with zero attached hydrogens (tertiary/aromatic N) is 2. The van der Waals surface area contributed by atoms with E-state index in [2.05, 4.69) is 0 Å². The number of carbonyl (C=O) groups is 2. The van der Waals surface area contributed by atoms with Crippen LogP contribution in [0.1, 0.15) is 32.6 Å². The van der Waals surface area contributed by atoms with E-state index in [9.17, 15) is 14.0 Å². The number of halogens is 1. The third-order valence-corrected chi connectivity index (χ3v) is 5.39. The summed E-state index contributed by atoms with van der Waals surface area (Å²) in [5.41, 5.74) is 0.610. The van der Waals surface area contributed by atoms with Crippen molar-refractivity contribution < 1.29 is 18.7 Å². The number of amides is 1. The molecule has 2 aliphatic rings. The lowest BCUT2D eigenvalue weighted by Crippen LogP contribution is -2.47. The Morgan fingerprint density at radius 1 is 1.12 bits per heavy atom. The van der Waals surface area contributed by atoms with Gasteiger partial charge >= 0.3 is 5.97 Å². The van der Waals surface area contributed by atoms with Crippen molar-refractivity contribution in [1.82, 2.24) is 4.90 Å². The fourth-order valence-electron chi connectivity index (χ4n) is 3.96. The second-order valence-corrected chi connectivity index (χ2v) is 7.09. The van der Waals surface area contributed by atoms with Crippen LogP contribution < -0.4 is 4.90 Å². The Kier molecular flexibility index (Phi) is 6.12. The third-order valence-electron chi connectivity index (χ3n) is 5.39. The first kappa shape index (κ1) is 18.7. The number of rotatable bonds is 4. The molecule has 0 radical (unpaired) electrons. The van der Waals surface area contributed by atoms with Gasteiger partial charge in [0.15, 0.2) is 0 Å². The molecule has 1 amide bonds. The van der Waals surface area contributed by atoms with Crippen molar-refractivity contribution in [3.05, 3.63) is 30.1 Å². The number of anilines is 1. The highest BCUT2D eigenvalue weighted by atomic mass is 19.1. The number of carbonyl (C=O) groups excluding carboxylic acids is 2. The lowest BCUT2D eigenvalue weighted by molar-refractivity contribution is -0.152. The molecule has 0 saturated carbocycles. The predicted molar refractivity (Wildman–Crippen MR) is 97.3 cm³/mol. The summed E-state index contributed by atoms with van der Waals surface area (Å²) >= 11 is 0. The van der Waals surface area contributed by atoms with E-state index in [1.54, 1.807) is 19.1 Å². The number of likely N-dealkylation sites (tertiary alicyclic amines) is 1. The minimum absolute atomic E-state index is 0.0426. The number of para-hydroxylation sites is 1. The molecule has 0 spiro atoms. The number of hydrogen-bond donors (Lipinski definition) is 0. The van der Waals surface area contributed by atoms with Crippen molar-refractivity contribution >= 4 is 17.6 Å². The largest absolute Gasteiger partial charge is 0.466 e. The molecule has 0 bridgehead atoms. The number of benzene rings is 1. The van der Waals surface area contributed by atoms with Crippen molar-refractivity contribution in [1.29, 1.82) is 0 Å². The maximum Gasteiger partial charge on any atom is 0.310 e. The molecule has 2 heterocycles. The van der Waals surface area contributed by atoms with Gasteiger partial charge in [-0.2, -0.15) is 0 Å². The summed E-state index contributed by atoms with van der Waals surface area (Å²) < 4.78 is 19.1. The summed E-state index contributed by atoms with van der Waals surface area (Å²) in [6.07, 6.45) is 3.05. The van der Waals surface area contributed by atoms with Crippen molar-refractivity contribution in [2.75, 3.05) is 37.7 Å². The molecule has 1 aromatic rings. The van der Waals surface area contributed by atoms with Crippen LogP contribution in [0.15, 0.2) is 24.3 Å². The topological polar surface area (TPSA) is 49.9 Å². The van der Waals surface area contributed by atoms with E-state index in [0.717, 1.165) is 12.8 Å². The van der Waals surface area contributed by atoms with E-state index in [1.807, 2.05) is 15.9 Å². The fourth-order valence-corrected chi connectivity index (χ4v) is 3.96. The first-order valence-electron chi connectivity index (χ1n) is 9.55. The Balaban J connectivity index is 1.55. The molecule has 142 valence electrons. The maximum absolute atomic E-state index is 13.9. The number of esters is 1. The van der Waals surface area contributed by atoms with Gasteiger partial charge in [0.1, 0.15) is 5.82 Å². The zero-order chi connectivity index (χ0) is 18.5. The van der Waals surface area contributed by atoms with Crippen LogP contribution in [0.5, 0.6) is 0 Å². The summed E-state index contributed by atoms with van der Waals surface area (Å²) in [7, 11) is 0. The Bertz CT molecular complexity index is 644. The van der Waals surface area contributed by atoms with Crippen LogP contribution in [-0.4, -0.2) is 49.6 Å². The highest BCUT2D eigenvalue weighted by Crippen LogP contribution is 2.28. The molecule has 6 heteroatoms. The van der Waals surface area contributed by atoms with E-state index in [-0.39, 0.29) is 29.5 Å². The summed E-state index contributed by atoms with van der Waals surface area (Å²) in [6.45, 7) is 4.69. The van der Waals surface area contributed by atoms with Crippen molar-refractivity contribution in [2.24, 2.45) is 11.8 Å². The average Bonchev–Trinajstić information content (AvgIpc) is 2.68. The van der Waals surface area contributed by atoms with Crippen LogP contribution in [0.4, 0.5) is 10.1 Å². The normalized spacial score (nSPS) is 21.5. The highest BCUT2D eigenvalue weighted by molar-refractivity contribution is 5.81. The van der Waals surface area contributed by atoms with Crippen molar-refractivity contribution in [2.45, 2.75) is 32.6 Å². The summed E-state index contributed by atoms with van der Waals surface area (Å²) in [5.74, 6) is -0.526. The Labute approximate surface area is 154 Å². The summed E-state index contributed by atoms with van der Waals surface area (Å²) in [5, 5.41) is 0. The number of hydrogen-bond acceptors (Lipinski definition) is 4. The Hall–Kier alpha value is -2.11. The standard InChI is InChI=1S/C20H27FN2O3/c1-2-26-20(25)16-6-5-11-23(14-16)19(24)15-9-12-22(13-10-15)18-8-4-3-7-17(18)21/h3-4,7-8,15-16H,2,5-6,9-14H2,1H3. The molecule has 2 saturated heterocycles. The second kappa shape index (κ2) is 8.52. The van der Waals surface area contributed by atoms with Gasteiger partial charge in [-0.05, 0) is 44.7 Å². The van der Waals surface area contributed by atoms with Gasteiger partial charge in [0.05, 0.1) is 18.2 Å². The van der Waals surface area contributed by atoms with Gasteiger partial charge < -0.3 is 14.5 Å². The van der Waals surface area contributed by atoms with E-state index >= 15 is 0 Å². The molecule has 3 rings (SSSR count). The highest BCUT2D eigenvalue weighted by Gasteiger charge is 2.34. The van der Waals surface area contributed by atoms with Crippen LogP contribution in [0.2, 0.25) is 0 Å².